The van der Waals surface area contributed by atoms with Gasteiger partial charge in [0.1, 0.15) is 11.7 Å². The lowest BCUT2D eigenvalue weighted by Crippen LogP contribution is -2.37. The van der Waals surface area contributed by atoms with Crippen LogP contribution in [0, 0.1) is 16.0 Å². The highest BCUT2D eigenvalue weighted by atomic mass is 32.2. The Morgan fingerprint density at radius 1 is 1.36 bits per heavy atom. The fourth-order valence-corrected chi connectivity index (χ4v) is 5.10. The second kappa shape index (κ2) is 9.67. The van der Waals surface area contributed by atoms with E-state index in [1.165, 1.54) is 43.1 Å². The summed E-state index contributed by atoms with van der Waals surface area (Å²) in [6.45, 7) is 2.92. The Hall–Kier alpha value is -1.74. The molecule has 0 bridgehead atoms. The third kappa shape index (κ3) is 5.12. The topological polar surface area (TPSA) is 104 Å². The lowest BCUT2D eigenvalue weighted by atomic mass is 9.84. The van der Waals surface area contributed by atoms with Gasteiger partial charge in [0.05, 0.1) is 16.1 Å². The zero-order valence-electron chi connectivity index (χ0n) is 14.5. The highest BCUT2D eigenvalue weighted by molar-refractivity contribution is 8.10. The number of Topliss-reactive ketones (excluding diaryl/α,β-unsaturated/α-hetero) is 1. The first-order chi connectivity index (χ1) is 11.8. The monoisotopic (exact) mass is 387 g/mol. The summed E-state index contributed by atoms with van der Waals surface area (Å²) in [5.41, 5.74) is -0.0112. The molecular weight excluding hydrogens is 366 g/mol. The molecule has 1 aromatic rings. The first-order valence-corrected chi connectivity index (χ1v) is 10.4. The van der Waals surface area contributed by atoms with Gasteiger partial charge in [-0.25, -0.2) is 0 Å². The average Bonchev–Trinajstić information content (AvgIpc) is 2.54. The van der Waals surface area contributed by atoms with E-state index in [1.807, 2.05) is 0 Å². The molecule has 0 aliphatic carbocycles. The maximum absolute atomic E-state index is 12.4. The van der Waals surface area contributed by atoms with Crippen LogP contribution in [-0.4, -0.2) is 44.6 Å². The average molecular weight is 387 g/mol. The van der Waals surface area contributed by atoms with E-state index in [0.717, 1.165) is 0 Å². The fourth-order valence-electron chi connectivity index (χ4n) is 2.71. The molecule has 138 valence electrons. The molecule has 25 heavy (non-hydrogen) atoms. The summed E-state index contributed by atoms with van der Waals surface area (Å²) in [7, 11) is -1.43. The van der Waals surface area contributed by atoms with E-state index in [-0.39, 0.29) is 17.9 Å². The molecule has 0 fully saturated rings. The van der Waals surface area contributed by atoms with Crippen LogP contribution in [0.15, 0.2) is 24.3 Å². The minimum Gasteiger partial charge on any atom is -0.465 e. The molecule has 0 radical (unpaired) electrons. The Balaban J connectivity index is 3.64. The fraction of sp³-hybridized carbons (Fsp3) is 0.500. The number of esters is 1. The largest absolute Gasteiger partial charge is 0.465 e. The van der Waals surface area contributed by atoms with Gasteiger partial charge in [0.2, 0.25) is 0 Å². The van der Waals surface area contributed by atoms with Crippen molar-refractivity contribution < 1.29 is 23.5 Å². The van der Waals surface area contributed by atoms with Crippen molar-refractivity contribution in [3.63, 3.8) is 0 Å². The molecule has 0 aliphatic rings. The normalized spacial score (nSPS) is 15.7. The Bertz CT molecular complexity index is 678. The SMILES string of the molecule is CCOC(=O)C(C(C)=O)C(c1ccccc1[N+](=O)[O-])C(SC)S(C)=O. The molecule has 0 amide bonds. The molecule has 1 aromatic carbocycles. The minimum atomic E-state index is -1.43. The lowest BCUT2D eigenvalue weighted by molar-refractivity contribution is -0.385. The van der Waals surface area contributed by atoms with Gasteiger partial charge in [0, 0.05) is 34.6 Å². The molecular formula is C16H21NO6S2. The van der Waals surface area contributed by atoms with Crippen LogP contribution in [0.25, 0.3) is 0 Å². The third-order valence-corrected chi connectivity index (χ3v) is 6.78. The number of thioether (sulfide) groups is 1. The Morgan fingerprint density at radius 3 is 2.40 bits per heavy atom. The summed E-state index contributed by atoms with van der Waals surface area (Å²) >= 11 is 1.20. The highest BCUT2D eigenvalue weighted by Crippen LogP contribution is 2.40. The molecule has 0 heterocycles. The number of nitrogens with zero attached hydrogens (tertiary/aromatic N) is 1. The quantitative estimate of drug-likeness (QED) is 0.277. The number of benzene rings is 1. The molecule has 0 saturated carbocycles. The number of hydrogen-bond acceptors (Lipinski definition) is 7. The number of rotatable bonds is 9. The molecule has 7 nitrogen and oxygen atoms in total. The van der Waals surface area contributed by atoms with Crippen molar-refractivity contribution in [1.82, 2.24) is 0 Å². The van der Waals surface area contributed by atoms with Gasteiger partial charge in [-0.1, -0.05) is 18.2 Å². The van der Waals surface area contributed by atoms with Crippen molar-refractivity contribution in [3.05, 3.63) is 39.9 Å². The predicted octanol–water partition coefficient (Wildman–Crippen LogP) is 2.51. The second-order valence-electron chi connectivity index (χ2n) is 5.28. The van der Waals surface area contributed by atoms with Gasteiger partial charge in [0.15, 0.2) is 0 Å². The third-order valence-electron chi connectivity index (χ3n) is 3.68. The number of nitro benzene ring substituents is 1. The molecule has 0 saturated heterocycles. The van der Waals surface area contributed by atoms with Crippen LogP contribution in [0.2, 0.25) is 0 Å². The number of nitro groups is 1. The summed E-state index contributed by atoms with van der Waals surface area (Å²) in [5, 5.41) is 11.4. The summed E-state index contributed by atoms with van der Waals surface area (Å²) in [6, 6.07) is 5.89. The lowest BCUT2D eigenvalue weighted by Gasteiger charge is -2.29. The number of carbonyl (C=O) groups is 2. The van der Waals surface area contributed by atoms with Crippen LogP contribution in [0.5, 0.6) is 0 Å². The van der Waals surface area contributed by atoms with Crippen LogP contribution in [-0.2, 0) is 25.1 Å². The molecule has 1 rings (SSSR count). The van der Waals surface area contributed by atoms with E-state index < -0.39 is 43.9 Å². The highest BCUT2D eigenvalue weighted by Gasteiger charge is 2.43. The van der Waals surface area contributed by atoms with Crippen molar-refractivity contribution >= 4 is 40.0 Å². The number of ketones is 1. The van der Waals surface area contributed by atoms with Crippen LogP contribution >= 0.6 is 11.8 Å². The van der Waals surface area contributed by atoms with Gasteiger partial charge < -0.3 is 4.74 Å². The maximum atomic E-state index is 12.4. The van der Waals surface area contributed by atoms with E-state index >= 15 is 0 Å². The molecule has 0 spiro atoms. The van der Waals surface area contributed by atoms with Crippen LogP contribution in [0.1, 0.15) is 25.3 Å². The van der Waals surface area contributed by atoms with Gasteiger partial charge in [-0.15, -0.1) is 11.8 Å². The van der Waals surface area contributed by atoms with Gasteiger partial charge in [-0.2, -0.15) is 0 Å². The van der Waals surface area contributed by atoms with Gasteiger partial charge >= 0.3 is 5.97 Å². The van der Waals surface area contributed by atoms with E-state index in [1.54, 1.807) is 19.2 Å². The van der Waals surface area contributed by atoms with Crippen molar-refractivity contribution in [2.24, 2.45) is 5.92 Å². The first-order valence-electron chi connectivity index (χ1n) is 7.51. The van der Waals surface area contributed by atoms with Crippen LogP contribution in [0.4, 0.5) is 5.69 Å². The van der Waals surface area contributed by atoms with Crippen LogP contribution < -0.4 is 0 Å². The molecule has 0 aromatic heterocycles. The van der Waals surface area contributed by atoms with E-state index in [0.29, 0.717) is 0 Å². The summed E-state index contributed by atoms with van der Waals surface area (Å²) in [5.74, 6) is -3.44. The zero-order valence-corrected chi connectivity index (χ0v) is 16.1. The zero-order chi connectivity index (χ0) is 19.1. The maximum Gasteiger partial charge on any atom is 0.317 e. The Morgan fingerprint density at radius 2 is 1.96 bits per heavy atom. The van der Waals surface area contributed by atoms with Gasteiger partial charge in [-0.05, 0) is 20.1 Å². The molecule has 0 aliphatic heterocycles. The van der Waals surface area contributed by atoms with Crippen molar-refractivity contribution in [2.75, 3.05) is 19.1 Å². The van der Waals surface area contributed by atoms with E-state index in [2.05, 4.69) is 0 Å². The van der Waals surface area contributed by atoms with E-state index in [4.69, 9.17) is 4.74 Å². The molecule has 9 heteroatoms. The first kappa shape index (κ1) is 21.3. The summed E-state index contributed by atoms with van der Waals surface area (Å²) < 4.78 is 16.6. The number of hydrogen-bond donors (Lipinski definition) is 0. The summed E-state index contributed by atoms with van der Waals surface area (Å²) in [6.07, 6.45) is 3.14. The van der Waals surface area contributed by atoms with Gasteiger partial charge in [-0.3, -0.25) is 23.9 Å². The van der Waals surface area contributed by atoms with Crippen LogP contribution in [0.3, 0.4) is 0 Å². The second-order valence-corrected chi connectivity index (χ2v) is 8.07. The standard InChI is InChI=1S/C16H21NO6S2/c1-5-23-15(19)13(10(2)18)14(16(24-3)25(4)22)11-8-6-7-9-12(11)17(20)21/h6-9,13-14,16H,5H2,1-4H3. The van der Waals surface area contributed by atoms with E-state index in [9.17, 15) is 23.9 Å². The molecule has 0 N–H and O–H groups in total. The molecule has 4 atom stereocenters. The Kier molecular flexibility index (Phi) is 8.24. The van der Waals surface area contributed by atoms with Crippen molar-refractivity contribution in [3.8, 4) is 0 Å². The van der Waals surface area contributed by atoms with Gasteiger partial charge in [0.25, 0.3) is 5.69 Å². The number of carbonyl (C=O) groups excluding carboxylic acids is 2. The smallest absolute Gasteiger partial charge is 0.317 e. The predicted molar refractivity (Wildman–Crippen MR) is 98.0 cm³/mol. The van der Waals surface area contributed by atoms with Crippen molar-refractivity contribution in [2.45, 2.75) is 24.3 Å². The summed E-state index contributed by atoms with van der Waals surface area (Å²) in [4.78, 5) is 35.5. The number of para-hydroxylation sites is 1. The van der Waals surface area contributed by atoms with Crippen molar-refractivity contribution in [1.29, 1.82) is 0 Å². The Labute approximate surface area is 153 Å². The minimum absolute atomic E-state index is 0.0748. The number of ether oxygens (including phenoxy) is 1. The molecule has 4 unspecified atom stereocenters.